The maximum absolute atomic E-state index is 12.9. The number of hydrazone groups is 2. The lowest BCUT2D eigenvalue weighted by molar-refractivity contribution is -0.112. The minimum absolute atomic E-state index is 0.0510. The number of nitrogens with zero attached hydrogens (tertiary/aromatic N) is 3. The predicted molar refractivity (Wildman–Crippen MR) is 132 cm³/mol. The van der Waals surface area contributed by atoms with Gasteiger partial charge in [0.25, 0.3) is 0 Å². The summed E-state index contributed by atoms with van der Waals surface area (Å²) in [5.74, 6) is -1.33. The minimum Gasteiger partial charge on any atom is -0.511 e. The van der Waals surface area contributed by atoms with E-state index in [1.54, 1.807) is 37.3 Å². The molecule has 2 aliphatic rings. The van der Waals surface area contributed by atoms with Crippen molar-refractivity contribution in [2.24, 2.45) is 10.2 Å². The van der Waals surface area contributed by atoms with Gasteiger partial charge in [-0.2, -0.15) is 15.2 Å². The molecule has 3 N–H and O–H groups in total. The molecule has 1 aliphatic carbocycles. The number of carbonyl (C=O) groups excluding carboxylic acids is 1. The van der Waals surface area contributed by atoms with Crippen LogP contribution in [0.2, 0.25) is 0 Å². The van der Waals surface area contributed by atoms with Crippen LogP contribution in [0.3, 0.4) is 0 Å². The quantitative estimate of drug-likeness (QED) is 0.574. The number of carbonyl (C=O) groups is 2. The van der Waals surface area contributed by atoms with Gasteiger partial charge in [-0.25, -0.2) is 4.79 Å². The number of nitrogens with one attached hydrogen (secondary N) is 1. The SMILES string of the molecule is CC1=NN(c2ccc(C)c(C)c2)C(=O)/C1=N\NC1=CC=CC(c2cccc(C(=O)O)c2)=C(O)C1. The van der Waals surface area contributed by atoms with Crippen LogP contribution < -0.4 is 10.4 Å². The first-order valence-corrected chi connectivity index (χ1v) is 10.7. The Hall–Kier alpha value is -4.46. The second-order valence-corrected chi connectivity index (χ2v) is 8.12. The molecule has 0 atom stereocenters. The predicted octanol–water partition coefficient (Wildman–Crippen LogP) is 4.48. The van der Waals surface area contributed by atoms with E-state index < -0.39 is 5.97 Å². The molecule has 0 aromatic heterocycles. The highest BCUT2D eigenvalue weighted by atomic mass is 16.4. The molecular weight excluding hydrogens is 432 g/mol. The Balaban J connectivity index is 1.52. The van der Waals surface area contributed by atoms with Crippen LogP contribution in [0.15, 0.2) is 82.4 Å². The number of anilines is 1. The van der Waals surface area contributed by atoms with Gasteiger partial charge in [0, 0.05) is 17.7 Å². The van der Waals surface area contributed by atoms with Crippen molar-refractivity contribution < 1.29 is 19.8 Å². The van der Waals surface area contributed by atoms with Gasteiger partial charge in [-0.05, 0) is 67.8 Å². The fourth-order valence-electron chi connectivity index (χ4n) is 3.64. The summed E-state index contributed by atoms with van der Waals surface area (Å²) >= 11 is 0. The molecule has 8 nitrogen and oxygen atoms in total. The third kappa shape index (κ3) is 4.52. The third-order valence-electron chi connectivity index (χ3n) is 5.68. The number of aliphatic hydroxyl groups excluding tert-OH is 1. The summed E-state index contributed by atoms with van der Waals surface area (Å²) in [4.78, 5) is 24.2. The van der Waals surface area contributed by atoms with E-state index in [0.717, 1.165) is 11.1 Å². The number of aliphatic hydroxyl groups is 1. The molecule has 0 radical (unpaired) electrons. The Kier molecular flexibility index (Phi) is 6.14. The van der Waals surface area contributed by atoms with Crippen molar-refractivity contribution in [2.45, 2.75) is 27.2 Å². The number of aromatic carboxylic acids is 1. The number of amides is 1. The average Bonchev–Trinajstić information content (AvgIpc) is 2.96. The number of aryl methyl sites for hydroxylation is 2. The number of hydrogen-bond donors (Lipinski definition) is 3. The van der Waals surface area contributed by atoms with Crippen molar-refractivity contribution in [3.8, 4) is 0 Å². The number of rotatable bonds is 5. The van der Waals surface area contributed by atoms with Gasteiger partial charge in [0.05, 0.1) is 17.0 Å². The minimum atomic E-state index is -1.04. The molecule has 0 saturated heterocycles. The van der Waals surface area contributed by atoms with E-state index in [9.17, 15) is 19.8 Å². The summed E-state index contributed by atoms with van der Waals surface area (Å²) < 4.78 is 0. The zero-order valence-corrected chi connectivity index (χ0v) is 19.0. The summed E-state index contributed by atoms with van der Waals surface area (Å²) in [5.41, 5.74) is 8.19. The standard InChI is InChI=1S/C26H24N4O4/c1-15-10-11-21(12-16(15)2)30-25(32)24(17(3)29-30)28-27-20-8-5-9-22(23(31)14-20)18-6-4-7-19(13-18)26(33)34/h4-13,27,31H,14H2,1-3H3,(H,33,34)/b28-24-. The van der Waals surface area contributed by atoms with Crippen LogP contribution in [-0.2, 0) is 4.79 Å². The van der Waals surface area contributed by atoms with Crippen LogP contribution in [-0.4, -0.2) is 33.5 Å². The van der Waals surface area contributed by atoms with Gasteiger partial charge in [-0.15, -0.1) is 0 Å². The lowest BCUT2D eigenvalue weighted by Crippen LogP contribution is -2.29. The topological polar surface area (TPSA) is 115 Å². The smallest absolute Gasteiger partial charge is 0.335 e. The molecule has 2 aromatic rings. The molecule has 0 spiro atoms. The van der Waals surface area contributed by atoms with E-state index >= 15 is 0 Å². The molecule has 0 unspecified atom stereocenters. The second-order valence-electron chi connectivity index (χ2n) is 8.12. The monoisotopic (exact) mass is 456 g/mol. The van der Waals surface area contributed by atoms with Crippen LogP contribution in [0.1, 0.15) is 40.4 Å². The number of carboxylic acid groups (broad SMARTS) is 1. The summed E-state index contributed by atoms with van der Waals surface area (Å²) in [6, 6.07) is 12.1. The molecule has 0 saturated carbocycles. The Morgan fingerprint density at radius 3 is 2.65 bits per heavy atom. The molecule has 2 aromatic carbocycles. The van der Waals surface area contributed by atoms with Gasteiger partial charge in [-0.3, -0.25) is 10.2 Å². The van der Waals surface area contributed by atoms with Crippen molar-refractivity contribution in [3.05, 3.63) is 94.4 Å². The lowest BCUT2D eigenvalue weighted by atomic mass is 10.0. The van der Waals surface area contributed by atoms with E-state index in [4.69, 9.17) is 0 Å². The summed E-state index contributed by atoms with van der Waals surface area (Å²) in [6.07, 6.45) is 5.29. The number of hydrogen-bond acceptors (Lipinski definition) is 6. The first-order chi connectivity index (χ1) is 16.2. The first-order valence-electron chi connectivity index (χ1n) is 10.7. The van der Waals surface area contributed by atoms with Gasteiger partial charge in [0.1, 0.15) is 5.76 Å². The molecule has 4 rings (SSSR count). The van der Waals surface area contributed by atoms with E-state index in [2.05, 4.69) is 15.6 Å². The van der Waals surface area contributed by atoms with Crippen LogP contribution in [0, 0.1) is 13.8 Å². The Morgan fingerprint density at radius 1 is 1.12 bits per heavy atom. The fraction of sp³-hybridized carbons (Fsp3) is 0.154. The molecule has 172 valence electrons. The van der Waals surface area contributed by atoms with Crippen LogP contribution in [0.25, 0.3) is 5.57 Å². The summed E-state index contributed by atoms with van der Waals surface area (Å²) in [7, 11) is 0. The zero-order chi connectivity index (χ0) is 24.4. The Bertz CT molecular complexity index is 1350. The van der Waals surface area contributed by atoms with E-state index in [0.29, 0.717) is 28.2 Å². The van der Waals surface area contributed by atoms with Crippen molar-refractivity contribution in [3.63, 3.8) is 0 Å². The van der Waals surface area contributed by atoms with Crippen LogP contribution in [0.4, 0.5) is 5.69 Å². The molecule has 0 bridgehead atoms. The van der Waals surface area contributed by atoms with Gasteiger partial charge in [0.2, 0.25) is 0 Å². The van der Waals surface area contributed by atoms with E-state index in [1.165, 1.54) is 17.1 Å². The fourth-order valence-corrected chi connectivity index (χ4v) is 3.64. The molecule has 34 heavy (non-hydrogen) atoms. The number of benzene rings is 2. The van der Waals surface area contributed by atoms with Gasteiger partial charge < -0.3 is 10.2 Å². The molecule has 8 heteroatoms. The van der Waals surface area contributed by atoms with Gasteiger partial charge in [0.15, 0.2) is 5.71 Å². The third-order valence-corrected chi connectivity index (χ3v) is 5.68. The summed E-state index contributed by atoms with van der Waals surface area (Å²) in [5, 5.41) is 29.9. The second kappa shape index (κ2) is 9.19. The largest absolute Gasteiger partial charge is 0.511 e. The van der Waals surface area contributed by atoms with Crippen LogP contribution in [0.5, 0.6) is 0 Å². The first kappa shape index (κ1) is 22.7. The molecular formula is C26H24N4O4. The highest BCUT2D eigenvalue weighted by Gasteiger charge is 2.31. The van der Waals surface area contributed by atoms with E-state index in [1.807, 2.05) is 32.0 Å². The Morgan fingerprint density at radius 2 is 1.91 bits per heavy atom. The molecule has 1 aliphatic heterocycles. The molecule has 0 fully saturated rings. The highest BCUT2D eigenvalue weighted by Crippen LogP contribution is 2.26. The van der Waals surface area contributed by atoms with Crippen LogP contribution >= 0.6 is 0 Å². The maximum atomic E-state index is 12.9. The summed E-state index contributed by atoms with van der Waals surface area (Å²) in [6.45, 7) is 5.69. The zero-order valence-electron chi connectivity index (χ0n) is 19.0. The number of carboxylic acids is 1. The highest BCUT2D eigenvalue weighted by molar-refractivity contribution is 6.71. The number of allylic oxidation sites excluding steroid dienone is 4. The van der Waals surface area contributed by atoms with Gasteiger partial charge >= 0.3 is 11.9 Å². The van der Waals surface area contributed by atoms with Gasteiger partial charge in [-0.1, -0.05) is 30.4 Å². The average molecular weight is 457 g/mol. The molecule has 1 amide bonds. The normalized spacial score (nSPS) is 17.1. The van der Waals surface area contributed by atoms with Crippen molar-refractivity contribution >= 4 is 34.6 Å². The van der Waals surface area contributed by atoms with Crippen molar-refractivity contribution in [1.82, 2.24) is 5.43 Å². The lowest BCUT2D eigenvalue weighted by Gasteiger charge is -2.13. The van der Waals surface area contributed by atoms with Crippen molar-refractivity contribution in [2.75, 3.05) is 5.01 Å². The van der Waals surface area contributed by atoms with Crippen molar-refractivity contribution in [1.29, 1.82) is 0 Å². The Labute approximate surface area is 196 Å². The van der Waals surface area contributed by atoms with E-state index in [-0.39, 0.29) is 29.4 Å². The maximum Gasteiger partial charge on any atom is 0.335 e. The molecule has 1 heterocycles.